The largest absolute Gasteiger partial charge is 0.389 e. The lowest BCUT2D eigenvalue weighted by Crippen LogP contribution is -2.51. The van der Waals surface area contributed by atoms with Gasteiger partial charge in [-0.25, -0.2) is 0 Å². The molecule has 88 valence electrons. The molecule has 2 rings (SSSR count). The van der Waals surface area contributed by atoms with Gasteiger partial charge in [0.1, 0.15) is 0 Å². The van der Waals surface area contributed by atoms with Crippen LogP contribution in [0.5, 0.6) is 0 Å². The van der Waals surface area contributed by atoms with Crippen molar-refractivity contribution < 1.29 is 5.11 Å². The van der Waals surface area contributed by atoms with Gasteiger partial charge in [-0.2, -0.15) is 0 Å². The smallest absolute Gasteiger partial charge is 0.0755 e. The van der Waals surface area contributed by atoms with E-state index >= 15 is 0 Å². The molecule has 1 aromatic heterocycles. The molecule has 2 heterocycles. The number of aromatic nitrogens is 1. The van der Waals surface area contributed by atoms with E-state index in [9.17, 15) is 5.11 Å². The van der Waals surface area contributed by atoms with Crippen LogP contribution >= 0.6 is 0 Å². The third-order valence-electron chi connectivity index (χ3n) is 3.59. The summed E-state index contributed by atoms with van der Waals surface area (Å²) in [5.41, 5.74) is 0.416. The van der Waals surface area contributed by atoms with Crippen molar-refractivity contribution in [3.8, 4) is 0 Å². The van der Waals surface area contributed by atoms with Crippen LogP contribution in [0.4, 0.5) is 0 Å². The van der Waals surface area contributed by atoms with Crippen molar-refractivity contribution in [2.45, 2.75) is 31.8 Å². The molecule has 2 atom stereocenters. The summed E-state index contributed by atoms with van der Waals surface area (Å²) in [6.07, 6.45) is 4.30. The average molecular weight is 220 g/mol. The van der Waals surface area contributed by atoms with Gasteiger partial charge < -0.3 is 10.4 Å². The van der Waals surface area contributed by atoms with Crippen LogP contribution in [0, 0.1) is 5.92 Å². The first-order valence-corrected chi connectivity index (χ1v) is 6.07. The van der Waals surface area contributed by atoms with E-state index in [1.807, 2.05) is 18.2 Å². The van der Waals surface area contributed by atoms with E-state index in [1.54, 1.807) is 6.20 Å². The third kappa shape index (κ3) is 2.42. The van der Waals surface area contributed by atoms with Crippen molar-refractivity contribution in [2.24, 2.45) is 5.92 Å². The van der Waals surface area contributed by atoms with Crippen LogP contribution in [0.1, 0.15) is 25.5 Å². The highest BCUT2D eigenvalue weighted by Gasteiger charge is 2.37. The van der Waals surface area contributed by atoms with Crippen molar-refractivity contribution in [1.82, 2.24) is 10.3 Å². The van der Waals surface area contributed by atoms with Gasteiger partial charge in [0.05, 0.1) is 5.60 Å². The van der Waals surface area contributed by atoms with Gasteiger partial charge in [0.2, 0.25) is 0 Å². The number of nitrogens with one attached hydrogen (secondary N) is 1. The van der Waals surface area contributed by atoms with Crippen LogP contribution in [-0.4, -0.2) is 28.8 Å². The Kier molecular flexibility index (Phi) is 3.56. The van der Waals surface area contributed by atoms with Crippen molar-refractivity contribution in [3.63, 3.8) is 0 Å². The fraction of sp³-hybridized carbons (Fsp3) is 0.615. The summed E-state index contributed by atoms with van der Waals surface area (Å²) < 4.78 is 0. The number of pyridine rings is 1. The van der Waals surface area contributed by atoms with Gasteiger partial charge in [-0.15, -0.1) is 0 Å². The Morgan fingerprint density at radius 3 is 3.12 bits per heavy atom. The van der Waals surface area contributed by atoms with E-state index in [0.29, 0.717) is 12.3 Å². The van der Waals surface area contributed by atoms with Gasteiger partial charge in [0.25, 0.3) is 0 Å². The molecular weight excluding hydrogens is 200 g/mol. The topological polar surface area (TPSA) is 45.1 Å². The van der Waals surface area contributed by atoms with Gasteiger partial charge in [-0.3, -0.25) is 4.98 Å². The van der Waals surface area contributed by atoms with Crippen LogP contribution in [0.2, 0.25) is 0 Å². The Labute approximate surface area is 96.9 Å². The molecule has 3 heteroatoms. The minimum atomic E-state index is -0.575. The summed E-state index contributed by atoms with van der Waals surface area (Å²) in [6, 6.07) is 5.88. The molecule has 0 spiro atoms. The predicted octanol–water partition coefficient (Wildman–Crippen LogP) is 1.37. The van der Waals surface area contributed by atoms with Crippen molar-refractivity contribution in [3.05, 3.63) is 30.1 Å². The molecule has 2 N–H and O–H groups in total. The van der Waals surface area contributed by atoms with E-state index in [0.717, 1.165) is 31.6 Å². The summed E-state index contributed by atoms with van der Waals surface area (Å²) in [5, 5.41) is 14.1. The predicted molar refractivity (Wildman–Crippen MR) is 64.2 cm³/mol. The summed E-state index contributed by atoms with van der Waals surface area (Å²) in [7, 11) is 0. The van der Waals surface area contributed by atoms with Crippen molar-refractivity contribution in [2.75, 3.05) is 13.1 Å². The second-order valence-electron chi connectivity index (χ2n) is 4.66. The SMILES string of the molecule is CCC1CNCCC1(O)Cc1ccccn1. The van der Waals surface area contributed by atoms with Gasteiger partial charge in [-0.05, 0) is 31.5 Å². The zero-order chi connectivity index (χ0) is 11.4. The number of nitrogens with zero attached hydrogens (tertiary/aromatic N) is 1. The van der Waals surface area contributed by atoms with Crippen LogP contribution in [-0.2, 0) is 6.42 Å². The zero-order valence-corrected chi connectivity index (χ0v) is 9.82. The number of rotatable bonds is 3. The van der Waals surface area contributed by atoms with Gasteiger partial charge in [0, 0.05) is 30.8 Å². The highest BCUT2D eigenvalue weighted by molar-refractivity contribution is 5.09. The molecule has 1 saturated heterocycles. The first-order valence-electron chi connectivity index (χ1n) is 6.07. The van der Waals surface area contributed by atoms with E-state index in [-0.39, 0.29) is 0 Å². The fourth-order valence-corrected chi connectivity index (χ4v) is 2.55. The highest BCUT2D eigenvalue weighted by atomic mass is 16.3. The number of aliphatic hydroxyl groups is 1. The maximum atomic E-state index is 10.7. The molecule has 1 aliphatic rings. The molecule has 0 aromatic carbocycles. The second-order valence-corrected chi connectivity index (χ2v) is 4.66. The van der Waals surface area contributed by atoms with E-state index < -0.39 is 5.60 Å². The standard InChI is InChI=1S/C13H20N2O/c1-2-11-10-14-8-6-13(11,16)9-12-5-3-4-7-15-12/h3-5,7,11,14,16H,2,6,8-10H2,1H3. The molecule has 0 aliphatic carbocycles. The number of piperidine rings is 1. The maximum Gasteiger partial charge on any atom is 0.0755 e. The molecule has 0 bridgehead atoms. The second kappa shape index (κ2) is 4.93. The van der Waals surface area contributed by atoms with E-state index in [1.165, 1.54) is 0 Å². The molecule has 1 aliphatic heterocycles. The maximum absolute atomic E-state index is 10.7. The summed E-state index contributed by atoms with van der Waals surface area (Å²) in [6.45, 7) is 3.96. The number of hydrogen-bond donors (Lipinski definition) is 2. The van der Waals surface area contributed by atoms with E-state index in [4.69, 9.17) is 0 Å². The fourth-order valence-electron chi connectivity index (χ4n) is 2.55. The van der Waals surface area contributed by atoms with Gasteiger partial charge in [0.15, 0.2) is 0 Å². The molecule has 0 saturated carbocycles. The Morgan fingerprint density at radius 2 is 2.44 bits per heavy atom. The monoisotopic (exact) mass is 220 g/mol. The average Bonchev–Trinajstić information content (AvgIpc) is 2.30. The zero-order valence-electron chi connectivity index (χ0n) is 9.82. The molecule has 1 aromatic rings. The summed E-state index contributed by atoms with van der Waals surface area (Å²) in [4.78, 5) is 4.31. The van der Waals surface area contributed by atoms with Gasteiger partial charge in [-0.1, -0.05) is 13.0 Å². The molecule has 0 amide bonds. The minimum absolute atomic E-state index is 0.336. The molecule has 16 heavy (non-hydrogen) atoms. The van der Waals surface area contributed by atoms with Crippen LogP contribution in [0.3, 0.4) is 0 Å². The van der Waals surface area contributed by atoms with Crippen LogP contribution in [0.25, 0.3) is 0 Å². The molecule has 0 radical (unpaired) electrons. The first-order chi connectivity index (χ1) is 7.74. The van der Waals surface area contributed by atoms with Crippen LogP contribution in [0.15, 0.2) is 24.4 Å². The molecular formula is C13H20N2O. The Morgan fingerprint density at radius 1 is 1.56 bits per heavy atom. The van der Waals surface area contributed by atoms with Crippen molar-refractivity contribution >= 4 is 0 Å². The van der Waals surface area contributed by atoms with Crippen LogP contribution < -0.4 is 5.32 Å². The Bertz CT molecular complexity index is 328. The lowest BCUT2D eigenvalue weighted by molar-refractivity contribution is -0.0421. The molecule has 2 unspecified atom stereocenters. The van der Waals surface area contributed by atoms with E-state index in [2.05, 4.69) is 17.2 Å². The summed E-state index contributed by atoms with van der Waals surface area (Å²) >= 11 is 0. The molecule has 1 fully saturated rings. The van der Waals surface area contributed by atoms with Crippen molar-refractivity contribution in [1.29, 1.82) is 0 Å². The first kappa shape index (κ1) is 11.6. The molecule has 3 nitrogen and oxygen atoms in total. The Hall–Kier alpha value is -0.930. The lowest BCUT2D eigenvalue weighted by atomic mass is 9.77. The third-order valence-corrected chi connectivity index (χ3v) is 3.59. The summed E-state index contributed by atoms with van der Waals surface area (Å²) in [5.74, 6) is 0.336. The highest BCUT2D eigenvalue weighted by Crippen LogP contribution is 2.30. The number of hydrogen-bond acceptors (Lipinski definition) is 3. The Balaban J connectivity index is 2.11. The van der Waals surface area contributed by atoms with Gasteiger partial charge >= 0.3 is 0 Å². The lowest BCUT2D eigenvalue weighted by Gasteiger charge is -2.40. The minimum Gasteiger partial charge on any atom is -0.389 e. The normalized spacial score (nSPS) is 30.2. The quantitative estimate of drug-likeness (QED) is 0.809.